The molecule has 1 aromatic rings. The van der Waals surface area contributed by atoms with Gasteiger partial charge in [-0.25, -0.2) is 0 Å². The van der Waals surface area contributed by atoms with Crippen LogP contribution in [0.1, 0.15) is 0 Å². The highest BCUT2D eigenvalue weighted by Gasteiger charge is 2.21. The molecule has 0 amide bonds. The molecule has 1 heterocycles. The summed E-state index contributed by atoms with van der Waals surface area (Å²) in [6, 6.07) is 11.0. The highest BCUT2D eigenvalue weighted by atomic mass is 32.2. The molecule has 5 nitrogen and oxygen atoms in total. The number of benzene rings is 1. The Kier molecular flexibility index (Phi) is 7.71. The quantitative estimate of drug-likeness (QED) is 0.354. The summed E-state index contributed by atoms with van der Waals surface area (Å²) in [5.74, 6) is 1.91. The molecular weight excluding hydrogens is 306 g/mol. The largest absolute Gasteiger partial charge is 0.356 e. The van der Waals surface area contributed by atoms with Crippen LogP contribution in [0, 0.1) is 0 Å². The Labute approximate surface area is 144 Å². The molecule has 0 aromatic heterocycles. The zero-order valence-electron chi connectivity index (χ0n) is 14.5. The highest BCUT2D eigenvalue weighted by Crippen LogP contribution is 2.15. The van der Waals surface area contributed by atoms with Crippen LogP contribution in [0.3, 0.4) is 0 Å². The second-order valence-corrected chi connectivity index (χ2v) is 7.11. The van der Waals surface area contributed by atoms with Crippen LogP contribution in [-0.4, -0.2) is 81.4 Å². The van der Waals surface area contributed by atoms with Crippen LogP contribution in [0.25, 0.3) is 0 Å². The zero-order chi connectivity index (χ0) is 16.5. The van der Waals surface area contributed by atoms with Crippen LogP contribution >= 0.6 is 11.8 Å². The van der Waals surface area contributed by atoms with E-state index in [1.807, 2.05) is 24.9 Å². The van der Waals surface area contributed by atoms with Crippen LogP contribution < -0.4 is 10.6 Å². The lowest BCUT2D eigenvalue weighted by Gasteiger charge is -2.37. The molecule has 1 aromatic carbocycles. The number of aliphatic imine (C=N–C) groups is 1. The standard InChI is InChI=1S/C17H29N5S/c1-18-17(19-9-12-23-16-7-5-4-6-8-16)20-13-15-14-21(2)10-11-22(15)3/h4-8,15H,9-14H2,1-3H3,(H2,18,19,20). The van der Waals surface area contributed by atoms with Crippen LogP contribution in [0.4, 0.5) is 0 Å². The fourth-order valence-corrected chi connectivity index (χ4v) is 3.40. The average molecular weight is 336 g/mol. The topological polar surface area (TPSA) is 42.9 Å². The van der Waals surface area contributed by atoms with Crippen molar-refractivity contribution in [3.05, 3.63) is 30.3 Å². The number of thioether (sulfide) groups is 1. The van der Waals surface area contributed by atoms with E-state index in [9.17, 15) is 0 Å². The maximum Gasteiger partial charge on any atom is 0.191 e. The van der Waals surface area contributed by atoms with Gasteiger partial charge >= 0.3 is 0 Å². The Morgan fingerprint density at radius 3 is 2.74 bits per heavy atom. The van der Waals surface area contributed by atoms with Crippen molar-refractivity contribution < 1.29 is 0 Å². The van der Waals surface area contributed by atoms with Crippen molar-refractivity contribution in [1.29, 1.82) is 0 Å². The Bertz CT molecular complexity index is 479. The van der Waals surface area contributed by atoms with Crippen LogP contribution in [0.2, 0.25) is 0 Å². The zero-order valence-corrected chi connectivity index (χ0v) is 15.3. The molecule has 0 aliphatic carbocycles. The van der Waals surface area contributed by atoms with Crippen LogP contribution in [0.5, 0.6) is 0 Å². The summed E-state index contributed by atoms with van der Waals surface area (Å²) in [7, 11) is 6.22. The normalized spacial score (nSPS) is 20.5. The molecule has 6 heteroatoms. The molecule has 1 saturated heterocycles. The number of guanidine groups is 1. The van der Waals surface area contributed by atoms with Crippen molar-refractivity contribution in [3.8, 4) is 0 Å². The first-order valence-electron chi connectivity index (χ1n) is 8.20. The van der Waals surface area contributed by atoms with Gasteiger partial charge in [-0.1, -0.05) is 18.2 Å². The molecule has 1 atom stereocenters. The van der Waals surface area contributed by atoms with Gasteiger partial charge in [0.25, 0.3) is 0 Å². The number of hydrogen-bond acceptors (Lipinski definition) is 4. The Balaban J connectivity index is 1.65. The lowest BCUT2D eigenvalue weighted by Crippen LogP contribution is -2.55. The van der Waals surface area contributed by atoms with Crippen molar-refractivity contribution in [2.24, 2.45) is 4.99 Å². The first-order chi connectivity index (χ1) is 11.2. The van der Waals surface area contributed by atoms with Gasteiger partial charge in [0.15, 0.2) is 5.96 Å². The average Bonchev–Trinajstić information content (AvgIpc) is 2.58. The summed E-state index contributed by atoms with van der Waals surface area (Å²) >= 11 is 1.86. The maximum atomic E-state index is 4.31. The van der Waals surface area contributed by atoms with E-state index in [-0.39, 0.29) is 0 Å². The number of nitrogens with zero attached hydrogens (tertiary/aromatic N) is 3. The van der Waals surface area contributed by atoms with Crippen molar-refractivity contribution in [1.82, 2.24) is 20.4 Å². The summed E-state index contributed by atoms with van der Waals surface area (Å²) in [5.41, 5.74) is 0. The first kappa shape index (κ1) is 18.1. The Hall–Kier alpha value is -1.24. The SMILES string of the molecule is CN=C(NCCSc1ccccc1)NCC1CN(C)CCN1C. The summed E-state index contributed by atoms with van der Waals surface area (Å²) in [4.78, 5) is 10.4. The molecule has 2 rings (SSSR count). The third-order valence-corrected chi connectivity index (χ3v) is 5.13. The molecule has 2 N–H and O–H groups in total. The van der Waals surface area contributed by atoms with E-state index in [2.05, 4.69) is 63.8 Å². The van der Waals surface area contributed by atoms with Gasteiger partial charge in [0.1, 0.15) is 0 Å². The van der Waals surface area contributed by atoms with Gasteiger partial charge in [0.2, 0.25) is 0 Å². The van der Waals surface area contributed by atoms with E-state index in [1.54, 1.807) is 0 Å². The Morgan fingerprint density at radius 2 is 2.00 bits per heavy atom. The molecule has 1 unspecified atom stereocenters. The molecule has 0 radical (unpaired) electrons. The van der Waals surface area contributed by atoms with Gasteiger partial charge in [-0.15, -0.1) is 11.8 Å². The van der Waals surface area contributed by atoms with Crippen molar-refractivity contribution in [3.63, 3.8) is 0 Å². The smallest absolute Gasteiger partial charge is 0.191 e. The molecule has 0 saturated carbocycles. The van der Waals surface area contributed by atoms with Crippen molar-refractivity contribution in [2.75, 3.05) is 59.6 Å². The first-order valence-corrected chi connectivity index (χ1v) is 9.18. The predicted molar refractivity (Wildman–Crippen MR) is 100 cm³/mol. The molecule has 0 spiro atoms. The van der Waals surface area contributed by atoms with E-state index >= 15 is 0 Å². The molecule has 1 aliphatic rings. The number of piperazine rings is 1. The molecule has 1 aliphatic heterocycles. The predicted octanol–water partition coefficient (Wildman–Crippen LogP) is 1.19. The van der Waals surface area contributed by atoms with Crippen LogP contribution in [-0.2, 0) is 0 Å². The van der Waals surface area contributed by atoms with Gasteiger partial charge in [0, 0.05) is 56.5 Å². The molecular formula is C17H29N5S. The fourth-order valence-electron chi connectivity index (χ4n) is 2.61. The lowest BCUT2D eigenvalue weighted by atomic mass is 10.2. The van der Waals surface area contributed by atoms with Gasteiger partial charge in [-0.3, -0.25) is 9.89 Å². The monoisotopic (exact) mass is 335 g/mol. The van der Waals surface area contributed by atoms with E-state index in [4.69, 9.17) is 0 Å². The van der Waals surface area contributed by atoms with Crippen LogP contribution in [0.15, 0.2) is 40.2 Å². The van der Waals surface area contributed by atoms with Crippen molar-refractivity contribution >= 4 is 17.7 Å². The van der Waals surface area contributed by atoms with Gasteiger partial charge in [-0.2, -0.15) is 0 Å². The molecule has 128 valence electrons. The molecule has 23 heavy (non-hydrogen) atoms. The van der Waals surface area contributed by atoms with E-state index in [1.165, 1.54) is 4.90 Å². The fraction of sp³-hybridized carbons (Fsp3) is 0.588. The number of hydrogen-bond donors (Lipinski definition) is 2. The summed E-state index contributed by atoms with van der Waals surface area (Å²) < 4.78 is 0. The highest BCUT2D eigenvalue weighted by molar-refractivity contribution is 7.99. The van der Waals surface area contributed by atoms with E-state index < -0.39 is 0 Å². The van der Waals surface area contributed by atoms with E-state index in [0.29, 0.717) is 6.04 Å². The minimum Gasteiger partial charge on any atom is -0.356 e. The summed E-state index contributed by atoms with van der Waals surface area (Å²) in [6.45, 7) is 5.20. The third-order valence-electron chi connectivity index (χ3n) is 4.12. The number of rotatable bonds is 6. The third kappa shape index (κ3) is 6.41. The second-order valence-electron chi connectivity index (χ2n) is 5.94. The lowest BCUT2D eigenvalue weighted by molar-refractivity contribution is 0.116. The Morgan fingerprint density at radius 1 is 1.22 bits per heavy atom. The van der Waals surface area contributed by atoms with E-state index in [0.717, 1.165) is 44.4 Å². The van der Waals surface area contributed by atoms with Gasteiger partial charge in [-0.05, 0) is 26.2 Å². The maximum absolute atomic E-state index is 4.31. The summed E-state index contributed by atoms with van der Waals surface area (Å²) in [6.07, 6.45) is 0. The minimum atomic E-state index is 0.533. The second kappa shape index (κ2) is 9.80. The van der Waals surface area contributed by atoms with Gasteiger partial charge in [0.05, 0.1) is 0 Å². The number of likely N-dealkylation sites (N-methyl/N-ethyl adjacent to an activating group) is 2. The van der Waals surface area contributed by atoms with Gasteiger partial charge < -0.3 is 15.5 Å². The molecule has 1 fully saturated rings. The van der Waals surface area contributed by atoms with Crippen molar-refractivity contribution in [2.45, 2.75) is 10.9 Å². The molecule has 0 bridgehead atoms. The summed E-state index contributed by atoms with van der Waals surface area (Å²) in [5, 5.41) is 6.84. The minimum absolute atomic E-state index is 0.533. The number of nitrogens with one attached hydrogen (secondary N) is 2.